The quantitative estimate of drug-likeness (QED) is 0.645. The van der Waals surface area contributed by atoms with Gasteiger partial charge in [-0.3, -0.25) is 5.10 Å². The zero-order valence-corrected chi connectivity index (χ0v) is 8.18. The largest absolute Gasteiger partial charge is 0.273 e. The van der Waals surface area contributed by atoms with Crippen LogP contribution in [0.15, 0.2) is 30.6 Å². The summed E-state index contributed by atoms with van der Waals surface area (Å²) in [6.45, 7) is 2.06. The van der Waals surface area contributed by atoms with Gasteiger partial charge in [-0.1, -0.05) is 29.8 Å². The highest BCUT2D eigenvalue weighted by Gasteiger charge is 2.05. The SMILES string of the molecule is Cc1ccc(-c2nc3nncn3[nH]2)cc1. The second-order valence-electron chi connectivity index (χ2n) is 3.44. The summed E-state index contributed by atoms with van der Waals surface area (Å²) >= 11 is 0. The summed E-state index contributed by atoms with van der Waals surface area (Å²) < 4.78 is 1.69. The normalized spacial score (nSPS) is 11.0. The van der Waals surface area contributed by atoms with Crippen LogP contribution in [0.5, 0.6) is 0 Å². The summed E-state index contributed by atoms with van der Waals surface area (Å²) in [6, 6.07) is 8.17. The molecule has 0 radical (unpaired) electrons. The Balaban J connectivity index is 2.13. The van der Waals surface area contributed by atoms with Crippen LogP contribution in [0, 0.1) is 6.92 Å². The summed E-state index contributed by atoms with van der Waals surface area (Å²) in [5, 5.41) is 10.7. The average Bonchev–Trinajstić information content (AvgIpc) is 2.78. The van der Waals surface area contributed by atoms with Gasteiger partial charge in [0.05, 0.1) is 0 Å². The third kappa shape index (κ3) is 1.28. The number of nitrogens with zero attached hydrogens (tertiary/aromatic N) is 4. The Morgan fingerprint density at radius 2 is 2.00 bits per heavy atom. The monoisotopic (exact) mass is 199 g/mol. The van der Waals surface area contributed by atoms with Crippen molar-refractivity contribution in [2.24, 2.45) is 0 Å². The topological polar surface area (TPSA) is 58.9 Å². The molecule has 0 saturated carbocycles. The molecule has 3 rings (SSSR count). The standard InChI is InChI=1S/C10H9N5/c1-7-2-4-8(5-3-7)9-12-10-13-11-6-15(10)14-9/h2-6H,1H3,(H,12,13,14). The molecule has 5 nitrogen and oxygen atoms in total. The zero-order chi connectivity index (χ0) is 10.3. The van der Waals surface area contributed by atoms with E-state index in [9.17, 15) is 0 Å². The zero-order valence-electron chi connectivity index (χ0n) is 8.18. The molecule has 2 aromatic heterocycles. The molecule has 0 bridgehead atoms. The third-order valence-corrected chi connectivity index (χ3v) is 2.29. The van der Waals surface area contributed by atoms with E-state index in [1.807, 2.05) is 12.1 Å². The van der Waals surface area contributed by atoms with Gasteiger partial charge in [0, 0.05) is 5.56 Å². The van der Waals surface area contributed by atoms with Crippen LogP contribution in [0.4, 0.5) is 0 Å². The fraction of sp³-hybridized carbons (Fsp3) is 0.100. The lowest BCUT2D eigenvalue weighted by Crippen LogP contribution is -1.83. The number of H-pyrrole nitrogens is 1. The Kier molecular flexibility index (Phi) is 1.58. The first-order chi connectivity index (χ1) is 7.33. The summed E-state index contributed by atoms with van der Waals surface area (Å²) in [5.74, 6) is 1.39. The van der Waals surface area contributed by atoms with Crippen molar-refractivity contribution >= 4 is 5.78 Å². The van der Waals surface area contributed by atoms with Gasteiger partial charge in [0.25, 0.3) is 5.78 Å². The minimum atomic E-state index is 0.588. The number of hydrogen-bond donors (Lipinski definition) is 1. The lowest BCUT2D eigenvalue weighted by Gasteiger charge is -1.96. The van der Waals surface area contributed by atoms with E-state index in [2.05, 4.69) is 39.3 Å². The number of rotatable bonds is 1. The fourth-order valence-corrected chi connectivity index (χ4v) is 1.46. The summed E-state index contributed by atoms with van der Waals surface area (Å²) in [5.41, 5.74) is 2.28. The molecule has 3 aromatic rings. The molecule has 0 fully saturated rings. The minimum absolute atomic E-state index is 0.588. The van der Waals surface area contributed by atoms with Crippen LogP contribution in [-0.2, 0) is 0 Å². The van der Waals surface area contributed by atoms with Gasteiger partial charge in [0.15, 0.2) is 5.82 Å². The molecule has 0 aliphatic rings. The highest BCUT2D eigenvalue weighted by Crippen LogP contribution is 2.15. The highest BCUT2D eigenvalue weighted by molar-refractivity contribution is 5.56. The predicted octanol–water partition coefficient (Wildman–Crippen LogP) is 1.43. The van der Waals surface area contributed by atoms with Gasteiger partial charge < -0.3 is 0 Å². The number of hydrogen-bond acceptors (Lipinski definition) is 3. The molecule has 15 heavy (non-hydrogen) atoms. The Morgan fingerprint density at radius 3 is 2.73 bits per heavy atom. The van der Waals surface area contributed by atoms with Gasteiger partial charge in [-0.25, -0.2) is 4.52 Å². The van der Waals surface area contributed by atoms with E-state index in [0.29, 0.717) is 5.78 Å². The summed E-state index contributed by atoms with van der Waals surface area (Å²) in [4.78, 5) is 4.31. The number of aryl methyl sites for hydroxylation is 1. The maximum absolute atomic E-state index is 4.31. The number of nitrogens with one attached hydrogen (secondary N) is 1. The lowest BCUT2D eigenvalue weighted by molar-refractivity contribution is 0.958. The van der Waals surface area contributed by atoms with Crippen molar-refractivity contribution in [2.45, 2.75) is 6.92 Å². The molecule has 74 valence electrons. The van der Waals surface area contributed by atoms with E-state index >= 15 is 0 Å². The smallest absolute Gasteiger partial charge is 0.271 e. The first-order valence-electron chi connectivity index (χ1n) is 4.66. The minimum Gasteiger partial charge on any atom is -0.273 e. The second kappa shape index (κ2) is 2.91. The van der Waals surface area contributed by atoms with Crippen molar-refractivity contribution in [2.75, 3.05) is 0 Å². The molecular weight excluding hydrogens is 190 g/mol. The van der Waals surface area contributed by atoms with Crippen LogP contribution in [0.3, 0.4) is 0 Å². The molecule has 0 amide bonds. The maximum Gasteiger partial charge on any atom is 0.271 e. The first kappa shape index (κ1) is 8.16. The van der Waals surface area contributed by atoms with Crippen LogP contribution in [-0.4, -0.2) is 24.8 Å². The van der Waals surface area contributed by atoms with E-state index in [4.69, 9.17) is 0 Å². The van der Waals surface area contributed by atoms with E-state index in [-0.39, 0.29) is 0 Å². The van der Waals surface area contributed by atoms with Crippen molar-refractivity contribution in [3.8, 4) is 11.4 Å². The molecule has 5 heteroatoms. The molecule has 1 aromatic carbocycles. The van der Waals surface area contributed by atoms with Crippen molar-refractivity contribution in [3.05, 3.63) is 36.2 Å². The third-order valence-electron chi connectivity index (χ3n) is 2.29. The Hall–Kier alpha value is -2.17. The van der Waals surface area contributed by atoms with Gasteiger partial charge in [0.1, 0.15) is 6.33 Å². The van der Waals surface area contributed by atoms with Crippen molar-refractivity contribution < 1.29 is 0 Å². The van der Waals surface area contributed by atoms with Crippen molar-refractivity contribution in [3.63, 3.8) is 0 Å². The molecule has 2 heterocycles. The summed E-state index contributed by atoms with van der Waals surface area (Å²) in [6.07, 6.45) is 1.60. The van der Waals surface area contributed by atoms with Gasteiger partial charge in [-0.05, 0) is 6.92 Å². The van der Waals surface area contributed by atoms with E-state index in [1.54, 1.807) is 10.8 Å². The molecule has 0 spiro atoms. The van der Waals surface area contributed by atoms with Gasteiger partial charge >= 0.3 is 0 Å². The fourth-order valence-electron chi connectivity index (χ4n) is 1.46. The highest BCUT2D eigenvalue weighted by atomic mass is 15.4. The van der Waals surface area contributed by atoms with Crippen LogP contribution in [0.1, 0.15) is 5.56 Å². The average molecular weight is 199 g/mol. The van der Waals surface area contributed by atoms with Crippen molar-refractivity contribution in [1.82, 2.24) is 24.8 Å². The predicted molar refractivity (Wildman–Crippen MR) is 55.3 cm³/mol. The number of fused-ring (bicyclic) bond motifs is 1. The maximum atomic E-state index is 4.31. The van der Waals surface area contributed by atoms with Gasteiger partial charge in [-0.2, -0.15) is 4.98 Å². The van der Waals surface area contributed by atoms with Crippen LogP contribution in [0.25, 0.3) is 17.2 Å². The molecule has 0 saturated heterocycles. The van der Waals surface area contributed by atoms with Gasteiger partial charge in [-0.15, -0.1) is 10.2 Å². The Labute approximate surface area is 85.8 Å². The molecule has 0 unspecified atom stereocenters. The number of benzene rings is 1. The summed E-state index contributed by atoms with van der Waals surface area (Å²) in [7, 11) is 0. The molecule has 0 atom stereocenters. The Bertz CT molecular complexity index is 561. The van der Waals surface area contributed by atoms with Crippen LogP contribution in [0.2, 0.25) is 0 Å². The van der Waals surface area contributed by atoms with Gasteiger partial charge in [0.2, 0.25) is 0 Å². The molecule has 0 aliphatic heterocycles. The first-order valence-corrected chi connectivity index (χ1v) is 4.66. The second-order valence-corrected chi connectivity index (χ2v) is 3.44. The Morgan fingerprint density at radius 1 is 1.20 bits per heavy atom. The van der Waals surface area contributed by atoms with Crippen molar-refractivity contribution in [1.29, 1.82) is 0 Å². The van der Waals surface area contributed by atoms with E-state index in [0.717, 1.165) is 11.4 Å². The molecule has 0 aliphatic carbocycles. The number of aromatic amines is 1. The van der Waals surface area contributed by atoms with Crippen LogP contribution < -0.4 is 0 Å². The van der Waals surface area contributed by atoms with E-state index < -0.39 is 0 Å². The molecular formula is C10H9N5. The van der Waals surface area contributed by atoms with Crippen LogP contribution >= 0.6 is 0 Å². The lowest BCUT2D eigenvalue weighted by atomic mass is 10.1. The number of aromatic nitrogens is 5. The van der Waals surface area contributed by atoms with E-state index in [1.165, 1.54) is 5.56 Å². The molecule has 1 N–H and O–H groups in total.